The smallest absolute Gasteiger partial charge is 0.329 e. The summed E-state index contributed by atoms with van der Waals surface area (Å²) in [5.74, 6) is -3.05. The summed E-state index contributed by atoms with van der Waals surface area (Å²) in [4.78, 5) is 37.6. The van der Waals surface area contributed by atoms with Gasteiger partial charge in [0.1, 0.15) is 11.9 Å². The van der Waals surface area contributed by atoms with Gasteiger partial charge in [0.2, 0.25) is 10.0 Å². The van der Waals surface area contributed by atoms with E-state index in [9.17, 15) is 27.2 Å². The monoisotopic (exact) mass is 521 g/mol. The number of carbonyl (C=O) groups is 3. The maximum Gasteiger partial charge on any atom is 0.329 e. The number of aryl methyl sites for hydroxylation is 1. The van der Waals surface area contributed by atoms with Crippen LogP contribution in [0.1, 0.15) is 43.6 Å². The summed E-state index contributed by atoms with van der Waals surface area (Å²) in [7, 11) is -3.77. The van der Waals surface area contributed by atoms with E-state index in [1.807, 2.05) is 0 Å². The van der Waals surface area contributed by atoms with E-state index in [-0.39, 0.29) is 29.2 Å². The molecule has 0 aliphatic heterocycles. The number of rotatable bonds is 11. The summed E-state index contributed by atoms with van der Waals surface area (Å²) in [6.07, 6.45) is 0. The van der Waals surface area contributed by atoms with Gasteiger partial charge in [-0.25, -0.2) is 17.6 Å². The molecule has 9 nitrogen and oxygen atoms in total. The molecule has 2 rings (SSSR count). The minimum atomic E-state index is -3.77. The summed E-state index contributed by atoms with van der Waals surface area (Å²) in [6, 6.07) is 8.62. The second-order valence-corrected chi connectivity index (χ2v) is 10.4. The van der Waals surface area contributed by atoms with Crippen molar-refractivity contribution in [3.05, 3.63) is 59.4 Å². The highest BCUT2D eigenvalue weighted by Gasteiger charge is 2.28. The fourth-order valence-corrected chi connectivity index (χ4v) is 4.83. The Labute approximate surface area is 211 Å². The lowest BCUT2D eigenvalue weighted by Crippen LogP contribution is -2.46. The number of benzene rings is 2. The zero-order valence-electron chi connectivity index (χ0n) is 21.0. The number of ether oxygens (including phenoxy) is 1. The Morgan fingerprint density at radius 1 is 1.06 bits per heavy atom. The molecule has 2 N–H and O–H groups in total. The van der Waals surface area contributed by atoms with Gasteiger partial charge < -0.3 is 15.4 Å². The van der Waals surface area contributed by atoms with Crippen molar-refractivity contribution in [2.45, 2.75) is 45.6 Å². The van der Waals surface area contributed by atoms with Gasteiger partial charge in [-0.15, -0.1) is 0 Å². The molecule has 0 spiro atoms. The van der Waals surface area contributed by atoms with Crippen molar-refractivity contribution in [3.8, 4) is 0 Å². The van der Waals surface area contributed by atoms with Gasteiger partial charge in [0.05, 0.1) is 4.90 Å². The zero-order chi connectivity index (χ0) is 27.0. The second kappa shape index (κ2) is 12.6. The fourth-order valence-electron chi connectivity index (χ4n) is 3.33. The SMILES string of the molecule is CCN(CC)S(=O)(=O)c1cccc(C(=O)NC(C(=O)OCC(=O)Nc2ccc(C)c(F)c2)C(C)C)c1. The molecule has 0 aromatic heterocycles. The number of nitrogens with zero attached hydrogens (tertiary/aromatic N) is 1. The number of hydrogen-bond donors (Lipinski definition) is 2. The van der Waals surface area contributed by atoms with E-state index in [0.29, 0.717) is 5.56 Å². The molecular weight excluding hydrogens is 489 g/mol. The van der Waals surface area contributed by atoms with E-state index in [0.717, 1.165) is 6.07 Å². The lowest BCUT2D eigenvalue weighted by atomic mass is 10.0. The molecule has 0 saturated carbocycles. The van der Waals surface area contributed by atoms with E-state index in [1.165, 1.54) is 40.7 Å². The molecule has 11 heteroatoms. The average Bonchev–Trinajstić information content (AvgIpc) is 2.83. The van der Waals surface area contributed by atoms with E-state index >= 15 is 0 Å². The van der Waals surface area contributed by atoms with Crippen molar-refractivity contribution >= 4 is 33.5 Å². The number of halogens is 1. The van der Waals surface area contributed by atoms with E-state index in [4.69, 9.17) is 4.74 Å². The van der Waals surface area contributed by atoms with E-state index < -0.39 is 52.2 Å². The van der Waals surface area contributed by atoms with Crippen LogP contribution in [0.4, 0.5) is 10.1 Å². The van der Waals surface area contributed by atoms with Crippen molar-refractivity contribution in [2.24, 2.45) is 5.92 Å². The lowest BCUT2D eigenvalue weighted by molar-refractivity contribution is -0.150. The van der Waals surface area contributed by atoms with Crippen LogP contribution < -0.4 is 10.6 Å². The third-order valence-corrected chi connectivity index (χ3v) is 7.49. The van der Waals surface area contributed by atoms with Crippen molar-refractivity contribution in [2.75, 3.05) is 25.0 Å². The normalized spacial score (nSPS) is 12.3. The van der Waals surface area contributed by atoms with Crippen LogP contribution in [0.3, 0.4) is 0 Å². The molecule has 0 aliphatic carbocycles. The standard InChI is InChI=1S/C25H32FN3O6S/c1-6-29(7-2)36(33,34)20-10-8-9-18(13-20)24(31)28-23(16(3)4)25(32)35-15-22(30)27-19-12-11-17(5)21(26)14-19/h8-14,16,23H,6-7,15H2,1-5H3,(H,27,30)(H,28,31). The van der Waals surface area contributed by atoms with Crippen molar-refractivity contribution in [1.29, 1.82) is 0 Å². The first-order chi connectivity index (χ1) is 16.9. The second-order valence-electron chi connectivity index (χ2n) is 8.43. The molecule has 1 unspecified atom stereocenters. The van der Waals surface area contributed by atoms with Crippen LogP contribution in [0, 0.1) is 18.7 Å². The highest BCUT2D eigenvalue weighted by atomic mass is 32.2. The van der Waals surface area contributed by atoms with Crippen LogP contribution in [0.25, 0.3) is 0 Å². The molecule has 2 aromatic rings. The van der Waals surface area contributed by atoms with Crippen molar-refractivity contribution < 1.29 is 31.9 Å². The number of hydrogen-bond acceptors (Lipinski definition) is 6. The molecule has 36 heavy (non-hydrogen) atoms. The van der Waals surface area contributed by atoms with Crippen molar-refractivity contribution in [1.82, 2.24) is 9.62 Å². The average molecular weight is 522 g/mol. The summed E-state index contributed by atoms with van der Waals surface area (Å²) in [6.45, 7) is 8.32. The van der Waals surface area contributed by atoms with Crippen LogP contribution in [-0.4, -0.2) is 56.2 Å². The molecule has 2 amide bonds. The van der Waals surface area contributed by atoms with Crippen molar-refractivity contribution in [3.63, 3.8) is 0 Å². The Hall–Kier alpha value is -3.31. The molecule has 0 fully saturated rings. The third kappa shape index (κ3) is 7.34. The Morgan fingerprint density at radius 3 is 2.31 bits per heavy atom. The summed E-state index contributed by atoms with van der Waals surface area (Å²) < 4.78 is 45.6. The minimum Gasteiger partial charge on any atom is -0.454 e. The number of esters is 1. The molecule has 0 aliphatic rings. The van der Waals surface area contributed by atoms with Gasteiger partial charge in [0.15, 0.2) is 6.61 Å². The Kier molecular flexibility index (Phi) is 10.1. The molecule has 2 aromatic carbocycles. The first-order valence-electron chi connectivity index (χ1n) is 11.5. The van der Waals surface area contributed by atoms with Crippen LogP contribution in [0.15, 0.2) is 47.4 Å². The minimum absolute atomic E-state index is 0.0354. The molecular formula is C25H32FN3O6S. The Bertz CT molecular complexity index is 1210. The predicted molar refractivity (Wildman–Crippen MR) is 133 cm³/mol. The quantitative estimate of drug-likeness (QED) is 0.438. The Morgan fingerprint density at radius 2 is 1.72 bits per heavy atom. The molecule has 0 bridgehead atoms. The molecule has 0 radical (unpaired) electrons. The largest absolute Gasteiger partial charge is 0.454 e. The van der Waals surface area contributed by atoms with Gasteiger partial charge in [0, 0.05) is 24.3 Å². The summed E-state index contributed by atoms with van der Waals surface area (Å²) in [5, 5.41) is 4.99. The summed E-state index contributed by atoms with van der Waals surface area (Å²) in [5.41, 5.74) is 0.694. The first kappa shape index (κ1) is 28.9. The fraction of sp³-hybridized carbons (Fsp3) is 0.400. The third-order valence-electron chi connectivity index (χ3n) is 5.45. The number of anilines is 1. The Balaban J connectivity index is 2.06. The van der Waals surface area contributed by atoms with Gasteiger partial charge in [0.25, 0.3) is 11.8 Å². The van der Waals surface area contributed by atoms with Gasteiger partial charge in [-0.3, -0.25) is 9.59 Å². The van der Waals surface area contributed by atoms with Crippen LogP contribution in [-0.2, 0) is 24.3 Å². The first-order valence-corrected chi connectivity index (χ1v) is 13.0. The van der Waals surface area contributed by atoms with Crippen LogP contribution in [0.2, 0.25) is 0 Å². The highest BCUT2D eigenvalue weighted by molar-refractivity contribution is 7.89. The number of amides is 2. The van der Waals surface area contributed by atoms with E-state index in [1.54, 1.807) is 34.6 Å². The topological polar surface area (TPSA) is 122 Å². The van der Waals surface area contributed by atoms with Gasteiger partial charge in [-0.05, 0) is 48.7 Å². The molecule has 1 atom stereocenters. The number of carbonyl (C=O) groups excluding carboxylic acids is 3. The number of sulfonamides is 1. The van der Waals surface area contributed by atoms with Crippen LogP contribution in [0.5, 0.6) is 0 Å². The van der Waals surface area contributed by atoms with Gasteiger partial charge in [-0.1, -0.05) is 39.8 Å². The molecule has 0 heterocycles. The van der Waals surface area contributed by atoms with Gasteiger partial charge >= 0.3 is 5.97 Å². The lowest BCUT2D eigenvalue weighted by Gasteiger charge is -2.21. The number of nitrogens with one attached hydrogen (secondary N) is 2. The molecule has 0 saturated heterocycles. The maximum absolute atomic E-state index is 13.7. The highest BCUT2D eigenvalue weighted by Crippen LogP contribution is 2.18. The maximum atomic E-state index is 13.7. The van der Waals surface area contributed by atoms with Crippen LogP contribution >= 0.6 is 0 Å². The van der Waals surface area contributed by atoms with E-state index in [2.05, 4.69) is 10.6 Å². The van der Waals surface area contributed by atoms with Gasteiger partial charge in [-0.2, -0.15) is 4.31 Å². The zero-order valence-corrected chi connectivity index (χ0v) is 21.8. The summed E-state index contributed by atoms with van der Waals surface area (Å²) >= 11 is 0. The predicted octanol–water partition coefficient (Wildman–Crippen LogP) is 3.10. The molecule has 196 valence electrons.